The molecule has 0 atom stereocenters. The van der Waals surface area contributed by atoms with E-state index in [9.17, 15) is 4.79 Å². The number of thiazole rings is 1. The lowest BCUT2D eigenvalue weighted by molar-refractivity contribution is 0.0519. The first kappa shape index (κ1) is 13.0. The summed E-state index contributed by atoms with van der Waals surface area (Å²) in [7, 11) is 0. The van der Waals surface area contributed by atoms with Crippen molar-refractivity contribution in [2.75, 3.05) is 18.5 Å². The second-order valence-electron chi connectivity index (χ2n) is 3.42. The third kappa shape index (κ3) is 3.48. The first-order chi connectivity index (χ1) is 7.69. The Morgan fingerprint density at radius 2 is 2.25 bits per heavy atom. The zero-order valence-corrected chi connectivity index (χ0v) is 10.8. The topological polar surface area (TPSA) is 51.2 Å². The summed E-state index contributed by atoms with van der Waals surface area (Å²) in [5, 5.41) is 4.00. The number of carbonyl (C=O) groups excluding carboxylic acids is 1. The lowest BCUT2D eigenvalue weighted by Crippen LogP contribution is -2.07. The van der Waals surface area contributed by atoms with Crippen molar-refractivity contribution >= 4 is 22.4 Å². The molecule has 0 saturated heterocycles. The summed E-state index contributed by atoms with van der Waals surface area (Å²) in [4.78, 5) is 16.6. The number of anilines is 1. The van der Waals surface area contributed by atoms with Crippen LogP contribution in [-0.4, -0.2) is 24.1 Å². The van der Waals surface area contributed by atoms with Gasteiger partial charge in [0.05, 0.1) is 6.61 Å². The molecule has 0 spiro atoms. The Morgan fingerprint density at radius 3 is 2.88 bits per heavy atom. The van der Waals surface area contributed by atoms with Crippen LogP contribution in [0.1, 0.15) is 42.1 Å². The van der Waals surface area contributed by atoms with E-state index in [0.29, 0.717) is 12.3 Å². The monoisotopic (exact) mass is 242 g/mol. The minimum absolute atomic E-state index is 0.334. The number of hydrogen-bond donors (Lipinski definition) is 1. The average molecular weight is 242 g/mol. The molecule has 0 aliphatic rings. The molecular formula is C11H18N2O2S. The Balaban J connectivity index is 2.62. The zero-order valence-electron chi connectivity index (χ0n) is 10.0. The number of carbonyl (C=O) groups is 1. The largest absolute Gasteiger partial charge is 0.461 e. The van der Waals surface area contributed by atoms with E-state index in [-0.39, 0.29) is 5.97 Å². The lowest BCUT2D eigenvalue weighted by Gasteiger charge is -1.99. The standard InChI is InChI=1S/C11H18N2O2S/c1-4-6-7-12-11-13-9(8(3)16-11)10(14)15-5-2/h4-7H2,1-3H3,(H,12,13). The minimum Gasteiger partial charge on any atom is -0.461 e. The second-order valence-corrected chi connectivity index (χ2v) is 4.63. The van der Waals surface area contributed by atoms with Crippen molar-refractivity contribution in [2.45, 2.75) is 33.6 Å². The van der Waals surface area contributed by atoms with Gasteiger partial charge >= 0.3 is 5.97 Å². The molecule has 0 unspecified atom stereocenters. The Morgan fingerprint density at radius 1 is 1.50 bits per heavy atom. The summed E-state index contributed by atoms with van der Waals surface area (Å²) < 4.78 is 4.93. The van der Waals surface area contributed by atoms with E-state index in [0.717, 1.165) is 29.4 Å². The number of hydrogen-bond acceptors (Lipinski definition) is 5. The zero-order chi connectivity index (χ0) is 12.0. The molecule has 1 rings (SSSR count). The van der Waals surface area contributed by atoms with Gasteiger partial charge < -0.3 is 10.1 Å². The van der Waals surface area contributed by atoms with Crippen LogP contribution in [-0.2, 0) is 4.74 Å². The maximum absolute atomic E-state index is 11.5. The number of nitrogens with zero attached hydrogens (tertiary/aromatic N) is 1. The van der Waals surface area contributed by atoms with Gasteiger partial charge in [0.2, 0.25) is 0 Å². The fraction of sp³-hybridized carbons (Fsp3) is 0.636. The number of ether oxygens (including phenoxy) is 1. The molecule has 0 aliphatic carbocycles. The van der Waals surface area contributed by atoms with Crippen LogP contribution in [0.4, 0.5) is 5.13 Å². The van der Waals surface area contributed by atoms with Gasteiger partial charge in [-0.15, -0.1) is 11.3 Å². The van der Waals surface area contributed by atoms with Gasteiger partial charge in [0.15, 0.2) is 10.8 Å². The molecule has 16 heavy (non-hydrogen) atoms. The van der Waals surface area contributed by atoms with E-state index in [4.69, 9.17) is 4.74 Å². The quantitative estimate of drug-likeness (QED) is 0.615. The van der Waals surface area contributed by atoms with Gasteiger partial charge in [-0.2, -0.15) is 0 Å². The van der Waals surface area contributed by atoms with E-state index in [2.05, 4.69) is 17.2 Å². The number of aromatic nitrogens is 1. The van der Waals surface area contributed by atoms with Crippen molar-refractivity contribution in [3.8, 4) is 0 Å². The fourth-order valence-corrected chi connectivity index (χ4v) is 2.06. The number of nitrogens with one attached hydrogen (secondary N) is 1. The summed E-state index contributed by atoms with van der Waals surface area (Å²) in [5.74, 6) is -0.334. The highest BCUT2D eigenvalue weighted by Crippen LogP contribution is 2.22. The molecular weight excluding hydrogens is 224 g/mol. The van der Waals surface area contributed by atoms with Gasteiger partial charge in [0, 0.05) is 11.4 Å². The summed E-state index contributed by atoms with van der Waals surface area (Å²) in [6.07, 6.45) is 2.25. The van der Waals surface area contributed by atoms with Crippen LogP contribution in [0.15, 0.2) is 0 Å². The summed E-state index contributed by atoms with van der Waals surface area (Å²) in [5.41, 5.74) is 0.436. The Labute approximate surface area is 100 Å². The van der Waals surface area contributed by atoms with Crippen LogP contribution in [0.25, 0.3) is 0 Å². The minimum atomic E-state index is -0.334. The van der Waals surface area contributed by atoms with E-state index in [1.807, 2.05) is 6.92 Å². The Hall–Kier alpha value is -1.10. The van der Waals surface area contributed by atoms with Crippen LogP contribution in [0.5, 0.6) is 0 Å². The summed E-state index contributed by atoms with van der Waals surface area (Å²) in [6, 6.07) is 0. The number of aryl methyl sites for hydroxylation is 1. The first-order valence-corrected chi connectivity index (χ1v) is 6.39. The van der Waals surface area contributed by atoms with E-state index < -0.39 is 0 Å². The van der Waals surface area contributed by atoms with Crippen LogP contribution in [0.2, 0.25) is 0 Å². The van der Waals surface area contributed by atoms with Crippen LogP contribution >= 0.6 is 11.3 Å². The smallest absolute Gasteiger partial charge is 0.358 e. The lowest BCUT2D eigenvalue weighted by atomic mass is 10.3. The third-order valence-electron chi connectivity index (χ3n) is 2.07. The highest BCUT2D eigenvalue weighted by Gasteiger charge is 2.15. The van der Waals surface area contributed by atoms with Gasteiger partial charge in [-0.1, -0.05) is 13.3 Å². The second kappa shape index (κ2) is 6.48. The van der Waals surface area contributed by atoms with Crippen LogP contribution in [0.3, 0.4) is 0 Å². The molecule has 0 saturated carbocycles. The molecule has 0 radical (unpaired) electrons. The molecule has 1 heterocycles. The SMILES string of the molecule is CCCCNc1nc(C(=O)OCC)c(C)s1. The predicted octanol–water partition coefficient (Wildman–Crippen LogP) is 2.84. The molecule has 0 fully saturated rings. The molecule has 0 aromatic carbocycles. The summed E-state index contributed by atoms with van der Waals surface area (Å²) in [6.45, 7) is 7.09. The average Bonchev–Trinajstić information content (AvgIpc) is 2.61. The maximum atomic E-state index is 11.5. The summed E-state index contributed by atoms with van der Waals surface area (Å²) >= 11 is 1.50. The molecule has 90 valence electrons. The maximum Gasteiger partial charge on any atom is 0.358 e. The third-order valence-corrected chi connectivity index (χ3v) is 3.00. The van der Waals surface area contributed by atoms with Crippen molar-refractivity contribution in [3.63, 3.8) is 0 Å². The van der Waals surface area contributed by atoms with E-state index in [1.165, 1.54) is 11.3 Å². The number of rotatable bonds is 6. The molecule has 1 aromatic heterocycles. The van der Waals surface area contributed by atoms with Crippen molar-refractivity contribution in [1.29, 1.82) is 0 Å². The van der Waals surface area contributed by atoms with Crippen molar-refractivity contribution in [2.24, 2.45) is 0 Å². The van der Waals surface area contributed by atoms with Crippen molar-refractivity contribution in [1.82, 2.24) is 4.98 Å². The highest BCUT2D eigenvalue weighted by molar-refractivity contribution is 7.15. The van der Waals surface area contributed by atoms with Crippen molar-refractivity contribution in [3.05, 3.63) is 10.6 Å². The first-order valence-electron chi connectivity index (χ1n) is 5.57. The Bertz CT molecular complexity index is 350. The highest BCUT2D eigenvalue weighted by atomic mass is 32.1. The van der Waals surface area contributed by atoms with Gasteiger partial charge in [-0.25, -0.2) is 9.78 Å². The van der Waals surface area contributed by atoms with Gasteiger partial charge in [0.25, 0.3) is 0 Å². The number of esters is 1. The normalized spacial score (nSPS) is 10.2. The molecule has 4 nitrogen and oxygen atoms in total. The van der Waals surface area contributed by atoms with Crippen LogP contribution < -0.4 is 5.32 Å². The molecule has 1 N–H and O–H groups in total. The number of unbranched alkanes of at least 4 members (excludes halogenated alkanes) is 1. The molecule has 5 heteroatoms. The molecule has 0 bridgehead atoms. The molecule has 0 amide bonds. The van der Waals surface area contributed by atoms with Gasteiger partial charge in [-0.3, -0.25) is 0 Å². The van der Waals surface area contributed by atoms with E-state index >= 15 is 0 Å². The molecule has 0 aliphatic heterocycles. The van der Waals surface area contributed by atoms with Crippen molar-refractivity contribution < 1.29 is 9.53 Å². The molecule has 1 aromatic rings. The predicted molar refractivity (Wildman–Crippen MR) is 66.2 cm³/mol. The fourth-order valence-electron chi connectivity index (χ4n) is 1.23. The van der Waals surface area contributed by atoms with E-state index in [1.54, 1.807) is 6.92 Å². The van der Waals surface area contributed by atoms with Gasteiger partial charge in [-0.05, 0) is 20.3 Å². The Kier molecular flexibility index (Phi) is 5.25. The van der Waals surface area contributed by atoms with Crippen LogP contribution in [0, 0.1) is 6.92 Å². The van der Waals surface area contributed by atoms with Gasteiger partial charge in [0.1, 0.15) is 0 Å².